The van der Waals surface area contributed by atoms with E-state index in [0.717, 1.165) is 19.3 Å². The van der Waals surface area contributed by atoms with Crippen molar-refractivity contribution in [3.05, 3.63) is 24.3 Å². The van der Waals surface area contributed by atoms with Crippen molar-refractivity contribution in [3.63, 3.8) is 0 Å². The highest BCUT2D eigenvalue weighted by Crippen LogP contribution is 2.25. The van der Waals surface area contributed by atoms with Crippen LogP contribution in [-0.4, -0.2) is 41.7 Å². The fourth-order valence-electron chi connectivity index (χ4n) is 2.15. The molecule has 5 nitrogen and oxygen atoms in total. The zero-order chi connectivity index (χ0) is 13.7. The van der Waals surface area contributed by atoms with Gasteiger partial charge in [0.2, 0.25) is 0 Å². The first-order chi connectivity index (χ1) is 9.22. The van der Waals surface area contributed by atoms with Crippen LogP contribution in [0.3, 0.4) is 0 Å². The maximum absolute atomic E-state index is 12.1. The molecule has 0 radical (unpaired) electrons. The molecule has 1 aromatic rings. The highest BCUT2D eigenvalue weighted by molar-refractivity contribution is 5.78. The van der Waals surface area contributed by atoms with Gasteiger partial charge in [-0.2, -0.15) is 0 Å². The number of aliphatic hydroxyl groups excluding tert-OH is 1. The van der Waals surface area contributed by atoms with E-state index in [4.69, 9.17) is 15.6 Å². The SMILES string of the molecule is Nc1ccccc1OCC(=O)N(CCO)C1CCC1. The first-order valence-corrected chi connectivity index (χ1v) is 6.60. The zero-order valence-corrected chi connectivity index (χ0v) is 10.9. The largest absolute Gasteiger partial charge is 0.482 e. The molecule has 0 bridgehead atoms. The zero-order valence-electron chi connectivity index (χ0n) is 10.9. The number of anilines is 1. The number of amides is 1. The quantitative estimate of drug-likeness (QED) is 0.752. The fourth-order valence-corrected chi connectivity index (χ4v) is 2.15. The number of hydrogen-bond donors (Lipinski definition) is 2. The Morgan fingerprint density at radius 2 is 2.16 bits per heavy atom. The number of nitrogens with two attached hydrogens (primary N) is 1. The molecule has 0 spiro atoms. The summed E-state index contributed by atoms with van der Waals surface area (Å²) >= 11 is 0. The molecule has 104 valence electrons. The third-order valence-corrected chi connectivity index (χ3v) is 3.45. The van der Waals surface area contributed by atoms with Crippen molar-refractivity contribution in [2.24, 2.45) is 0 Å². The molecule has 1 aliphatic rings. The van der Waals surface area contributed by atoms with Gasteiger partial charge in [-0.25, -0.2) is 0 Å². The summed E-state index contributed by atoms with van der Waals surface area (Å²) in [7, 11) is 0. The van der Waals surface area contributed by atoms with E-state index in [1.165, 1.54) is 0 Å². The molecule has 0 aromatic heterocycles. The van der Waals surface area contributed by atoms with Gasteiger partial charge in [0.25, 0.3) is 5.91 Å². The minimum atomic E-state index is -0.0954. The monoisotopic (exact) mass is 264 g/mol. The maximum atomic E-state index is 12.1. The molecule has 0 atom stereocenters. The lowest BCUT2D eigenvalue weighted by molar-refractivity contribution is -0.138. The van der Waals surface area contributed by atoms with Crippen molar-refractivity contribution in [2.45, 2.75) is 25.3 Å². The van der Waals surface area contributed by atoms with Crippen molar-refractivity contribution in [1.82, 2.24) is 4.90 Å². The molecule has 1 amide bonds. The van der Waals surface area contributed by atoms with Crippen molar-refractivity contribution >= 4 is 11.6 Å². The normalized spacial score (nSPS) is 14.8. The topological polar surface area (TPSA) is 75.8 Å². The van der Waals surface area contributed by atoms with Gasteiger partial charge in [0.05, 0.1) is 12.3 Å². The highest BCUT2D eigenvalue weighted by Gasteiger charge is 2.28. The van der Waals surface area contributed by atoms with Crippen LogP contribution in [0.25, 0.3) is 0 Å². The lowest BCUT2D eigenvalue weighted by Crippen LogP contribution is -2.47. The molecule has 1 aromatic carbocycles. The Balaban J connectivity index is 1.90. The van der Waals surface area contributed by atoms with Gasteiger partial charge in [0, 0.05) is 12.6 Å². The highest BCUT2D eigenvalue weighted by atomic mass is 16.5. The third-order valence-electron chi connectivity index (χ3n) is 3.45. The summed E-state index contributed by atoms with van der Waals surface area (Å²) in [4.78, 5) is 13.8. The van der Waals surface area contributed by atoms with E-state index in [2.05, 4.69) is 0 Å². The van der Waals surface area contributed by atoms with Gasteiger partial charge < -0.3 is 20.5 Å². The first-order valence-electron chi connectivity index (χ1n) is 6.60. The second-order valence-corrected chi connectivity index (χ2v) is 4.72. The number of carbonyl (C=O) groups is 1. The number of rotatable bonds is 6. The van der Waals surface area contributed by atoms with Crippen LogP contribution in [-0.2, 0) is 4.79 Å². The number of carbonyl (C=O) groups excluding carboxylic acids is 1. The van der Waals surface area contributed by atoms with Crippen molar-refractivity contribution in [3.8, 4) is 5.75 Å². The number of aliphatic hydroxyl groups is 1. The second kappa shape index (κ2) is 6.43. The van der Waals surface area contributed by atoms with E-state index < -0.39 is 0 Å². The molecular formula is C14H20N2O3. The van der Waals surface area contributed by atoms with Gasteiger partial charge in [-0.1, -0.05) is 12.1 Å². The van der Waals surface area contributed by atoms with Gasteiger partial charge >= 0.3 is 0 Å². The Kier molecular flexibility index (Phi) is 4.63. The standard InChI is InChI=1S/C14H20N2O3/c15-12-6-1-2-7-13(12)19-10-14(18)16(8-9-17)11-4-3-5-11/h1-2,6-7,11,17H,3-5,8-10,15H2. The molecule has 1 fully saturated rings. The van der Waals surface area contributed by atoms with Crippen LogP contribution in [0.4, 0.5) is 5.69 Å². The van der Waals surface area contributed by atoms with E-state index in [0.29, 0.717) is 18.0 Å². The van der Waals surface area contributed by atoms with Crippen LogP contribution in [0.2, 0.25) is 0 Å². The van der Waals surface area contributed by atoms with Crippen LogP contribution < -0.4 is 10.5 Å². The minimum Gasteiger partial charge on any atom is -0.482 e. The van der Waals surface area contributed by atoms with Crippen molar-refractivity contribution in [2.75, 3.05) is 25.5 Å². The first kappa shape index (κ1) is 13.7. The third kappa shape index (κ3) is 3.38. The molecule has 0 saturated heterocycles. The predicted octanol–water partition coefficient (Wildman–Crippen LogP) is 1.02. The number of para-hydroxylation sites is 2. The average Bonchev–Trinajstić information content (AvgIpc) is 2.35. The minimum absolute atomic E-state index is 0.0181. The van der Waals surface area contributed by atoms with E-state index in [1.807, 2.05) is 12.1 Å². The molecule has 3 N–H and O–H groups in total. The summed E-state index contributed by atoms with van der Waals surface area (Å²) in [5.41, 5.74) is 6.27. The lowest BCUT2D eigenvalue weighted by Gasteiger charge is -2.37. The Bertz CT molecular complexity index is 432. The number of benzene rings is 1. The smallest absolute Gasteiger partial charge is 0.260 e. The molecule has 2 rings (SSSR count). The van der Waals surface area contributed by atoms with Crippen molar-refractivity contribution < 1.29 is 14.6 Å². The van der Waals surface area contributed by atoms with Crippen LogP contribution in [0, 0.1) is 0 Å². The Labute approximate surface area is 113 Å². The Morgan fingerprint density at radius 3 is 2.74 bits per heavy atom. The Morgan fingerprint density at radius 1 is 1.42 bits per heavy atom. The van der Waals surface area contributed by atoms with Crippen molar-refractivity contribution in [1.29, 1.82) is 0 Å². The summed E-state index contributed by atoms with van der Waals surface area (Å²) in [6.45, 7) is 0.317. The summed E-state index contributed by atoms with van der Waals surface area (Å²) in [6.07, 6.45) is 3.17. The van der Waals surface area contributed by atoms with Gasteiger partial charge in [-0.3, -0.25) is 4.79 Å². The lowest BCUT2D eigenvalue weighted by atomic mass is 9.91. The number of hydrogen-bond acceptors (Lipinski definition) is 4. The summed E-state index contributed by atoms with van der Waals surface area (Å²) in [5.74, 6) is 0.426. The van der Waals surface area contributed by atoms with E-state index in [-0.39, 0.29) is 25.2 Å². The molecular weight excluding hydrogens is 244 g/mol. The summed E-state index contributed by atoms with van der Waals surface area (Å²) in [5, 5.41) is 9.03. The van der Waals surface area contributed by atoms with Crippen LogP contribution in [0.5, 0.6) is 5.75 Å². The second-order valence-electron chi connectivity index (χ2n) is 4.72. The molecule has 0 aliphatic heterocycles. The number of nitrogen functional groups attached to an aromatic ring is 1. The molecule has 1 aliphatic carbocycles. The maximum Gasteiger partial charge on any atom is 0.260 e. The van der Waals surface area contributed by atoms with E-state index in [1.54, 1.807) is 17.0 Å². The van der Waals surface area contributed by atoms with Gasteiger partial charge in [0.1, 0.15) is 5.75 Å². The van der Waals surface area contributed by atoms with Gasteiger partial charge in [-0.15, -0.1) is 0 Å². The summed E-state index contributed by atoms with van der Waals surface area (Å²) in [6, 6.07) is 7.36. The van der Waals surface area contributed by atoms with Gasteiger partial charge in [-0.05, 0) is 31.4 Å². The average molecular weight is 264 g/mol. The predicted molar refractivity (Wildman–Crippen MR) is 72.8 cm³/mol. The summed E-state index contributed by atoms with van der Waals surface area (Å²) < 4.78 is 5.45. The molecule has 1 saturated carbocycles. The molecule has 0 heterocycles. The number of nitrogens with zero attached hydrogens (tertiary/aromatic N) is 1. The molecule has 0 unspecified atom stereocenters. The fraction of sp³-hybridized carbons (Fsp3) is 0.500. The Hall–Kier alpha value is -1.75. The van der Waals surface area contributed by atoms with Gasteiger partial charge in [0.15, 0.2) is 6.61 Å². The number of ether oxygens (including phenoxy) is 1. The van der Waals surface area contributed by atoms with E-state index in [9.17, 15) is 4.79 Å². The van der Waals surface area contributed by atoms with E-state index >= 15 is 0 Å². The molecule has 5 heteroatoms. The van der Waals surface area contributed by atoms with Crippen LogP contribution in [0.15, 0.2) is 24.3 Å². The van der Waals surface area contributed by atoms with Crippen LogP contribution >= 0.6 is 0 Å². The molecule has 19 heavy (non-hydrogen) atoms. The van der Waals surface area contributed by atoms with Crippen LogP contribution in [0.1, 0.15) is 19.3 Å².